The van der Waals surface area contributed by atoms with Crippen LogP contribution in [0.3, 0.4) is 0 Å². The second kappa shape index (κ2) is 6.32. The average molecular weight is 368 g/mol. The summed E-state index contributed by atoms with van der Waals surface area (Å²) in [5.41, 5.74) is 2.53. The molecule has 1 heterocycles. The van der Waals surface area contributed by atoms with Crippen LogP contribution in [0.1, 0.15) is 53.2 Å². The normalized spacial score (nSPS) is 15.5. The summed E-state index contributed by atoms with van der Waals surface area (Å²) in [5.74, 6) is 0.378. The molecule has 0 unspecified atom stereocenters. The van der Waals surface area contributed by atoms with Gasteiger partial charge in [0.2, 0.25) is 0 Å². The second-order valence-electron chi connectivity index (χ2n) is 5.44. The number of benzene rings is 1. The van der Waals surface area contributed by atoms with E-state index in [0.29, 0.717) is 23.2 Å². The number of carbonyl (C=O) groups is 1. The van der Waals surface area contributed by atoms with Crippen LogP contribution >= 0.6 is 27.5 Å². The second-order valence-corrected chi connectivity index (χ2v) is 6.65. The van der Waals surface area contributed by atoms with Crippen molar-refractivity contribution in [2.75, 3.05) is 0 Å². The maximum absolute atomic E-state index is 11.4. The highest BCUT2D eigenvalue weighted by atomic mass is 79.9. The van der Waals surface area contributed by atoms with E-state index in [-0.39, 0.29) is 0 Å². The van der Waals surface area contributed by atoms with E-state index in [1.165, 1.54) is 12.8 Å². The topological polar surface area (TPSA) is 34.9 Å². The van der Waals surface area contributed by atoms with E-state index in [0.717, 1.165) is 34.9 Å². The van der Waals surface area contributed by atoms with Gasteiger partial charge < -0.3 is 0 Å². The molecule has 0 saturated heterocycles. The zero-order valence-electron chi connectivity index (χ0n) is 11.6. The van der Waals surface area contributed by atoms with E-state index in [9.17, 15) is 4.79 Å². The first kappa shape index (κ1) is 14.8. The Hall–Kier alpha value is -1.13. The van der Waals surface area contributed by atoms with Crippen LogP contribution in [0.2, 0.25) is 5.15 Å². The third kappa shape index (κ3) is 2.92. The van der Waals surface area contributed by atoms with Crippen molar-refractivity contribution in [3.8, 4) is 0 Å². The van der Waals surface area contributed by atoms with Gasteiger partial charge in [0.1, 0.15) is 5.15 Å². The van der Waals surface area contributed by atoms with Crippen molar-refractivity contribution in [3.05, 3.63) is 50.7 Å². The monoisotopic (exact) mass is 366 g/mol. The van der Waals surface area contributed by atoms with Crippen molar-refractivity contribution in [2.24, 2.45) is 0 Å². The molecular formula is C16H16BrClN2O. The number of carbonyl (C=O) groups excluding carboxylic acids is 1. The molecule has 3 nitrogen and oxygen atoms in total. The number of hydrogen-bond donors (Lipinski definition) is 0. The van der Waals surface area contributed by atoms with Crippen LogP contribution in [0.4, 0.5) is 0 Å². The molecular weight excluding hydrogens is 352 g/mol. The highest BCUT2D eigenvalue weighted by Gasteiger charge is 2.26. The Kier molecular flexibility index (Phi) is 4.45. The molecule has 1 fully saturated rings. The van der Waals surface area contributed by atoms with Crippen molar-refractivity contribution < 1.29 is 4.79 Å². The van der Waals surface area contributed by atoms with Crippen molar-refractivity contribution in [1.29, 1.82) is 0 Å². The zero-order chi connectivity index (χ0) is 14.8. The molecule has 0 amide bonds. The molecule has 1 aliphatic carbocycles. The number of nitrogens with zero attached hydrogens (tertiary/aromatic N) is 2. The average Bonchev–Trinajstić information content (AvgIpc) is 3.10. The summed E-state index contributed by atoms with van der Waals surface area (Å²) in [5, 5.41) is 5.08. The number of hydrogen-bond acceptors (Lipinski definition) is 2. The molecule has 0 radical (unpaired) electrons. The lowest BCUT2D eigenvalue weighted by Crippen LogP contribution is -2.04. The van der Waals surface area contributed by atoms with Crippen LogP contribution in [0.5, 0.6) is 0 Å². The SMILES string of the molecule is O=Cc1c(C2CCCC2)nn(Cc2ccccc2Br)c1Cl. The fraction of sp³-hybridized carbons (Fsp3) is 0.375. The maximum Gasteiger partial charge on any atom is 0.155 e. The van der Waals surface area contributed by atoms with E-state index in [2.05, 4.69) is 21.0 Å². The molecule has 0 N–H and O–H groups in total. The van der Waals surface area contributed by atoms with E-state index in [1.54, 1.807) is 4.68 Å². The maximum atomic E-state index is 11.4. The quantitative estimate of drug-likeness (QED) is 0.726. The molecule has 1 aliphatic rings. The fourth-order valence-corrected chi connectivity index (χ4v) is 3.62. The van der Waals surface area contributed by atoms with E-state index < -0.39 is 0 Å². The Morgan fingerprint density at radius 1 is 1.33 bits per heavy atom. The first-order chi connectivity index (χ1) is 10.2. The van der Waals surface area contributed by atoms with Crippen molar-refractivity contribution in [3.63, 3.8) is 0 Å². The number of aromatic nitrogens is 2. The smallest absolute Gasteiger partial charge is 0.155 e. The summed E-state index contributed by atoms with van der Waals surface area (Å²) in [6.07, 6.45) is 5.46. The van der Waals surface area contributed by atoms with Crippen LogP contribution in [0.25, 0.3) is 0 Å². The van der Waals surface area contributed by atoms with E-state index in [1.807, 2.05) is 24.3 Å². The Balaban J connectivity index is 1.96. The van der Waals surface area contributed by atoms with Crippen molar-refractivity contribution >= 4 is 33.8 Å². The van der Waals surface area contributed by atoms with Crippen LogP contribution in [-0.4, -0.2) is 16.1 Å². The van der Waals surface area contributed by atoms with Gasteiger partial charge in [-0.2, -0.15) is 5.10 Å². The summed E-state index contributed by atoms with van der Waals surface area (Å²) in [6.45, 7) is 0.563. The molecule has 0 aliphatic heterocycles. The third-order valence-electron chi connectivity index (χ3n) is 4.09. The summed E-state index contributed by atoms with van der Waals surface area (Å²) in [7, 11) is 0. The molecule has 110 valence electrons. The summed E-state index contributed by atoms with van der Waals surface area (Å²) in [4.78, 5) is 11.4. The number of rotatable bonds is 4. The third-order valence-corrected chi connectivity index (χ3v) is 5.26. The Morgan fingerprint density at radius 2 is 2.05 bits per heavy atom. The van der Waals surface area contributed by atoms with Crippen LogP contribution in [0, 0.1) is 0 Å². The largest absolute Gasteiger partial charge is 0.298 e. The molecule has 1 saturated carbocycles. The van der Waals surface area contributed by atoms with E-state index in [4.69, 9.17) is 11.6 Å². The van der Waals surface area contributed by atoms with Crippen LogP contribution < -0.4 is 0 Å². The predicted octanol–water partition coefficient (Wildman–Crippen LogP) is 4.82. The minimum absolute atomic E-state index is 0.378. The van der Waals surface area contributed by atoms with Gasteiger partial charge >= 0.3 is 0 Å². The lowest BCUT2D eigenvalue weighted by molar-refractivity contribution is 0.112. The summed E-state index contributed by atoms with van der Waals surface area (Å²) < 4.78 is 2.76. The van der Waals surface area contributed by atoms with Gasteiger partial charge in [0.15, 0.2) is 6.29 Å². The zero-order valence-corrected chi connectivity index (χ0v) is 13.9. The Morgan fingerprint density at radius 3 is 2.71 bits per heavy atom. The highest BCUT2D eigenvalue weighted by Crippen LogP contribution is 2.36. The number of halogens is 2. The first-order valence-corrected chi connectivity index (χ1v) is 8.32. The lowest BCUT2D eigenvalue weighted by Gasteiger charge is -2.06. The molecule has 21 heavy (non-hydrogen) atoms. The van der Waals surface area contributed by atoms with Gasteiger partial charge in [-0.05, 0) is 24.5 Å². The Labute approximate surface area is 137 Å². The van der Waals surface area contributed by atoms with Crippen LogP contribution in [-0.2, 0) is 6.54 Å². The van der Waals surface area contributed by atoms with E-state index >= 15 is 0 Å². The minimum atomic E-state index is 0.378. The molecule has 1 aromatic heterocycles. The van der Waals surface area contributed by atoms with Gasteiger partial charge in [0.25, 0.3) is 0 Å². The fourth-order valence-electron chi connectivity index (χ4n) is 2.98. The predicted molar refractivity (Wildman–Crippen MR) is 87.1 cm³/mol. The molecule has 0 spiro atoms. The summed E-state index contributed by atoms with van der Waals surface area (Å²) >= 11 is 9.90. The molecule has 5 heteroatoms. The highest BCUT2D eigenvalue weighted by molar-refractivity contribution is 9.10. The lowest BCUT2D eigenvalue weighted by atomic mass is 10.0. The molecule has 1 aromatic carbocycles. The summed E-state index contributed by atoms with van der Waals surface area (Å²) in [6, 6.07) is 7.97. The minimum Gasteiger partial charge on any atom is -0.298 e. The van der Waals surface area contributed by atoms with Crippen molar-refractivity contribution in [2.45, 2.75) is 38.1 Å². The van der Waals surface area contributed by atoms with Gasteiger partial charge in [-0.3, -0.25) is 4.79 Å². The van der Waals surface area contributed by atoms with Gasteiger partial charge in [-0.15, -0.1) is 0 Å². The van der Waals surface area contributed by atoms with Gasteiger partial charge in [0, 0.05) is 10.4 Å². The number of aldehydes is 1. The first-order valence-electron chi connectivity index (χ1n) is 7.15. The van der Waals surface area contributed by atoms with Gasteiger partial charge in [0.05, 0.1) is 17.8 Å². The molecule has 2 aromatic rings. The van der Waals surface area contributed by atoms with Gasteiger partial charge in [-0.1, -0.05) is 58.6 Å². The van der Waals surface area contributed by atoms with Gasteiger partial charge in [-0.25, -0.2) is 4.68 Å². The molecule has 0 atom stereocenters. The Bertz CT molecular complexity index is 662. The standard InChI is InChI=1S/C16H16BrClN2O/c17-14-8-4-3-7-12(14)9-20-16(18)13(10-21)15(19-20)11-5-1-2-6-11/h3-4,7-8,10-11H,1-2,5-6,9H2. The van der Waals surface area contributed by atoms with Crippen molar-refractivity contribution in [1.82, 2.24) is 9.78 Å². The molecule has 0 bridgehead atoms. The van der Waals surface area contributed by atoms with Crippen LogP contribution in [0.15, 0.2) is 28.7 Å². The molecule has 3 rings (SSSR count).